The highest BCUT2D eigenvalue weighted by Gasteiger charge is 2.57. The number of nitro groups is 1. The summed E-state index contributed by atoms with van der Waals surface area (Å²) in [6.07, 6.45) is 6.46. The quantitative estimate of drug-likeness (QED) is 0.656. The van der Waals surface area contributed by atoms with Gasteiger partial charge in [0.1, 0.15) is 11.2 Å². The first-order chi connectivity index (χ1) is 11.9. The molecule has 1 aromatic rings. The molecule has 4 aliphatic rings. The number of rotatable bonds is 5. The zero-order chi connectivity index (χ0) is 17.8. The summed E-state index contributed by atoms with van der Waals surface area (Å²) in [5.41, 5.74) is 6.36. The van der Waals surface area contributed by atoms with Crippen LogP contribution >= 0.6 is 0 Å². The minimum Gasteiger partial charge on any atom is -0.369 e. The number of carbonyl (C=O) groups excluding carboxylic acids is 1. The van der Waals surface area contributed by atoms with Gasteiger partial charge in [0.25, 0.3) is 0 Å². The number of nitrogens with two attached hydrogens (primary N) is 1. The number of anilines is 1. The minimum absolute atomic E-state index is 0.235. The predicted octanol–water partition coefficient (Wildman–Crippen LogP) is 3.24. The van der Waals surface area contributed by atoms with Gasteiger partial charge >= 0.3 is 0 Å². The Hall–Kier alpha value is -2.11. The molecule has 1 amide bonds. The highest BCUT2D eigenvalue weighted by molar-refractivity contribution is 5.81. The zero-order valence-corrected chi connectivity index (χ0v) is 14.6. The molecule has 4 bridgehead atoms. The lowest BCUT2D eigenvalue weighted by Crippen LogP contribution is -2.62. The highest BCUT2D eigenvalue weighted by Crippen LogP contribution is 2.58. The van der Waals surface area contributed by atoms with Crippen molar-refractivity contribution in [1.29, 1.82) is 0 Å². The number of benzene rings is 1. The number of primary amides is 1. The van der Waals surface area contributed by atoms with Crippen LogP contribution in [0.4, 0.5) is 5.69 Å². The smallest absolute Gasteiger partial charge is 0.224 e. The number of hydrazine groups is 1. The predicted molar refractivity (Wildman–Crippen MR) is 94.4 cm³/mol. The Morgan fingerprint density at radius 2 is 1.80 bits per heavy atom. The van der Waals surface area contributed by atoms with E-state index in [1.807, 2.05) is 6.07 Å². The largest absolute Gasteiger partial charge is 0.369 e. The minimum atomic E-state index is -0.454. The summed E-state index contributed by atoms with van der Waals surface area (Å²) < 4.78 is 0. The van der Waals surface area contributed by atoms with E-state index in [0.29, 0.717) is 23.4 Å². The van der Waals surface area contributed by atoms with Gasteiger partial charge in [-0.2, -0.15) is 0 Å². The molecule has 5 rings (SSSR count). The highest BCUT2D eigenvalue weighted by atomic mass is 16.7. The third kappa shape index (κ3) is 2.68. The molecule has 0 aromatic heterocycles. The molecule has 134 valence electrons. The van der Waals surface area contributed by atoms with E-state index >= 15 is 0 Å². The molecule has 1 aromatic carbocycles. The third-order valence-corrected chi connectivity index (χ3v) is 6.66. The van der Waals surface area contributed by atoms with Crippen LogP contribution < -0.4 is 10.7 Å². The van der Waals surface area contributed by atoms with Crippen molar-refractivity contribution < 1.29 is 9.83 Å². The lowest BCUT2D eigenvalue weighted by atomic mass is 9.52. The van der Waals surface area contributed by atoms with Gasteiger partial charge in [0.15, 0.2) is 5.03 Å². The first kappa shape index (κ1) is 16.4. The number of amides is 1. The van der Waals surface area contributed by atoms with Gasteiger partial charge in [-0.05, 0) is 80.9 Å². The molecule has 6 nitrogen and oxygen atoms in total. The molecule has 0 aliphatic heterocycles. The molecule has 4 fully saturated rings. The van der Waals surface area contributed by atoms with E-state index in [0.717, 1.165) is 24.8 Å². The van der Waals surface area contributed by atoms with E-state index in [-0.39, 0.29) is 10.6 Å². The van der Waals surface area contributed by atoms with Crippen molar-refractivity contribution >= 4 is 11.6 Å². The monoisotopic (exact) mass is 343 g/mol. The van der Waals surface area contributed by atoms with Crippen molar-refractivity contribution in [3.63, 3.8) is 0 Å². The van der Waals surface area contributed by atoms with E-state index in [4.69, 9.17) is 5.73 Å². The number of hydrogen-bond donors (Lipinski definition) is 1. The second-order valence-corrected chi connectivity index (χ2v) is 8.41. The van der Waals surface area contributed by atoms with E-state index in [2.05, 4.69) is 0 Å². The summed E-state index contributed by atoms with van der Waals surface area (Å²) in [5.74, 6) is 1.01. The number of hydrogen-bond acceptors (Lipinski definition) is 3. The summed E-state index contributed by atoms with van der Waals surface area (Å²) in [7, 11) is 0. The maximum absolute atomic E-state index is 12.1. The first-order valence-electron chi connectivity index (χ1n) is 9.22. The summed E-state index contributed by atoms with van der Waals surface area (Å²) in [6, 6.07) is 7.17. The Morgan fingerprint density at radius 3 is 2.28 bits per heavy atom. The molecule has 0 radical (unpaired) electrons. The van der Waals surface area contributed by atoms with Crippen molar-refractivity contribution in [1.82, 2.24) is 0 Å². The number of nitrogens with zero attached hydrogens (tertiary/aromatic N) is 2. The second kappa shape index (κ2) is 5.71. The van der Waals surface area contributed by atoms with Crippen LogP contribution in [0, 0.1) is 27.9 Å². The molecule has 0 spiro atoms. The van der Waals surface area contributed by atoms with E-state index in [9.17, 15) is 14.9 Å². The second-order valence-electron chi connectivity index (χ2n) is 8.41. The first-order valence-corrected chi connectivity index (χ1v) is 9.22. The Morgan fingerprint density at radius 1 is 1.24 bits per heavy atom. The van der Waals surface area contributed by atoms with E-state index < -0.39 is 11.8 Å². The lowest BCUT2D eigenvalue weighted by Gasteiger charge is -2.57. The topological polar surface area (TPSA) is 89.5 Å². The van der Waals surface area contributed by atoms with Crippen molar-refractivity contribution in [3.05, 3.63) is 39.9 Å². The lowest BCUT2D eigenvalue weighted by molar-refractivity contribution is -0.512. The van der Waals surface area contributed by atoms with Crippen LogP contribution in [0.2, 0.25) is 0 Å². The van der Waals surface area contributed by atoms with Crippen LogP contribution in [0.5, 0.6) is 0 Å². The standard InChI is InChI=1S/C19H25N3O3/c1-12(18(20)23)16-3-2-4-17(8-16)21(22(24)25)19-9-13-5-14(10-19)7-15(6-13)11-19/h2-4,8,12-15H,5-7,9-11H2,1H3,(H2,20,23). The fraction of sp³-hybridized carbons (Fsp3) is 0.632. The molecule has 2 N–H and O–H groups in total. The van der Waals surface area contributed by atoms with Crippen LogP contribution in [0.15, 0.2) is 24.3 Å². The van der Waals surface area contributed by atoms with Crippen molar-refractivity contribution in [2.24, 2.45) is 23.5 Å². The molecular weight excluding hydrogens is 318 g/mol. The fourth-order valence-corrected chi connectivity index (χ4v) is 5.96. The van der Waals surface area contributed by atoms with Crippen LogP contribution in [0.25, 0.3) is 0 Å². The van der Waals surface area contributed by atoms with Gasteiger partial charge in [-0.15, -0.1) is 0 Å². The average molecular weight is 343 g/mol. The van der Waals surface area contributed by atoms with Crippen LogP contribution in [0.3, 0.4) is 0 Å². The number of carbonyl (C=O) groups is 1. The van der Waals surface area contributed by atoms with Gasteiger partial charge in [-0.1, -0.05) is 17.1 Å². The molecule has 0 saturated heterocycles. The fourth-order valence-electron chi connectivity index (χ4n) is 5.96. The Kier molecular flexibility index (Phi) is 3.74. The van der Waals surface area contributed by atoms with Gasteiger partial charge in [-0.25, -0.2) is 10.1 Å². The molecule has 6 heteroatoms. The van der Waals surface area contributed by atoms with Crippen molar-refractivity contribution in [2.45, 2.75) is 56.9 Å². The Bertz CT molecular complexity index is 682. The van der Waals surface area contributed by atoms with Gasteiger partial charge < -0.3 is 5.73 Å². The third-order valence-electron chi connectivity index (χ3n) is 6.66. The van der Waals surface area contributed by atoms with Gasteiger partial charge in [0.2, 0.25) is 5.91 Å². The van der Waals surface area contributed by atoms with Crippen LogP contribution in [-0.4, -0.2) is 16.5 Å². The summed E-state index contributed by atoms with van der Waals surface area (Å²) >= 11 is 0. The van der Waals surface area contributed by atoms with Crippen LogP contribution in [-0.2, 0) is 4.79 Å². The van der Waals surface area contributed by atoms with Crippen molar-refractivity contribution in [2.75, 3.05) is 5.01 Å². The van der Waals surface area contributed by atoms with Crippen LogP contribution in [0.1, 0.15) is 56.9 Å². The van der Waals surface area contributed by atoms with E-state index in [1.165, 1.54) is 24.3 Å². The molecule has 1 unspecified atom stereocenters. The maximum atomic E-state index is 12.1. The average Bonchev–Trinajstić information content (AvgIpc) is 2.52. The Balaban J connectivity index is 1.72. The zero-order valence-electron chi connectivity index (χ0n) is 14.6. The summed E-state index contributed by atoms with van der Waals surface area (Å²) in [4.78, 5) is 23.6. The Labute approximate surface area is 147 Å². The molecule has 4 saturated carbocycles. The summed E-state index contributed by atoms with van der Waals surface area (Å²) in [6.45, 7) is 1.74. The maximum Gasteiger partial charge on any atom is 0.224 e. The van der Waals surface area contributed by atoms with Gasteiger partial charge in [0.05, 0.1) is 5.92 Å². The molecular formula is C19H25N3O3. The van der Waals surface area contributed by atoms with Gasteiger partial charge in [0, 0.05) is 0 Å². The molecule has 25 heavy (non-hydrogen) atoms. The SMILES string of the molecule is CC(C(N)=O)c1cccc(N([N+](=O)[O-])C23CC4CC(CC(C4)C2)C3)c1. The molecule has 4 aliphatic carbocycles. The van der Waals surface area contributed by atoms with Crippen molar-refractivity contribution in [3.8, 4) is 0 Å². The normalized spacial score (nSPS) is 33.9. The molecule has 1 atom stereocenters. The van der Waals surface area contributed by atoms with Gasteiger partial charge in [-0.3, -0.25) is 4.79 Å². The molecule has 0 heterocycles. The van der Waals surface area contributed by atoms with E-state index in [1.54, 1.807) is 25.1 Å². The summed E-state index contributed by atoms with van der Waals surface area (Å²) in [5, 5.41) is 13.3.